The molecule has 7 nitrogen and oxygen atoms in total. The summed E-state index contributed by atoms with van der Waals surface area (Å²) in [5.74, 6) is 1.14. The number of aromatic amines is 1. The molecule has 7 heteroatoms. The molecule has 3 heterocycles. The molecule has 2 aromatic heterocycles. The Morgan fingerprint density at radius 1 is 1.63 bits per heavy atom. The van der Waals surface area contributed by atoms with E-state index in [2.05, 4.69) is 20.3 Å². The first-order chi connectivity index (χ1) is 9.29. The molecule has 1 unspecified atom stereocenters. The highest BCUT2D eigenvalue weighted by molar-refractivity contribution is 5.92. The van der Waals surface area contributed by atoms with Crippen LogP contribution in [0, 0.1) is 0 Å². The van der Waals surface area contributed by atoms with Crippen LogP contribution >= 0.6 is 0 Å². The zero-order valence-electron chi connectivity index (χ0n) is 10.7. The van der Waals surface area contributed by atoms with E-state index >= 15 is 0 Å². The summed E-state index contributed by atoms with van der Waals surface area (Å²) in [6.07, 6.45) is 4.08. The highest BCUT2D eigenvalue weighted by atomic mass is 16.5. The molecular weight excluding hydrogens is 246 g/mol. The van der Waals surface area contributed by atoms with Gasteiger partial charge in [-0.25, -0.2) is 0 Å². The number of aryl methyl sites for hydroxylation is 1. The van der Waals surface area contributed by atoms with Crippen molar-refractivity contribution in [2.24, 2.45) is 0 Å². The number of nitrogens with zero attached hydrogens (tertiary/aromatic N) is 4. The first-order valence-corrected chi connectivity index (χ1v) is 6.42. The van der Waals surface area contributed by atoms with Gasteiger partial charge < -0.3 is 9.42 Å². The van der Waals surface area contributed by atoms with Crippen LogP contribution in [0.2, 0.25) is 0 Å². The summed E-state index contributed by atoms with van der Waals surface area (Å²) in [6.45, 7) is 2.66. The Morgan fingerprint density at radius 2 is 2.53 bits per heavy atom. The molecule has 1 fully saturated rings. The molecule has 0 aliphatic carbocycles. The number of rotatable bonds is 3. The minimum Gasteiger partial charge on any atom is -0.339 e. The van der Waals surface area contributed by atoms with E-state index in [1.807, 2.05) is 6.92 Å². The fourth-order valence-electron chi connectivity index (χ4n) is 2.35. The van der Waals surface area contributed by atoms with Crippen LogP contribution in [-0.4, -0.2) is 37.7 Å². The molecule has 0 aromatic carbocycles. The summed E-state index contributed by atoms with van der Waals surface area (Å²) < 4.78 is 5.13. The van der Waals surface area contributed by atoms with Gasteiger partial charge in [-0.3, -0.25) is 9.89 Å². The lowest BCUT2D eigenvalue weighted by atomic mass is 10.2. The molecule has 1 aliphatic rings. The summed E-state index contributed by atoms with van der Waals surface area (Å²) in [7, 11) is 0. The molecule has 1 atom stereocenters. The number of nitrogens with one attached hydrogen (secondary N) is 1. The van der Waals surface area contributed by atoms with Crippen molar-refractivity contribution in [2.45, 2.75) is 32.2 Å². The highest BCUT2D eigenvalue weighted by Gasteiger charge is 2.34. The quantitative estimate of drug-likeness (QED) is 0.900. The molecule has 0 radical (unpaired) electrons. The van der Waals surface area contributed by atoms with Gasteiger partial charge in [0.05, 0.1) is 6.04 Å². The molecule has 1 amide bonds. The van der Waals surface area contributed by atoms with Gasteiger partial charge >= 0.3 is 0 Å². The first-order valence-electron chi connectivity index (χ1n) is 6.42. The third-order valence-electron chi connectivity index (χ3n) is 3.33. The monoisotopic (exact) mass is 261 g/mol. The fraction of sp³-hybridized carbons (Fsp3) is 0.500. The van der Waals surface area contributed by atoms with Crippen LogP contribution in [0.15, 0.2) is 16.8 Å². The minimum absolute atomic E-state index is 0.0668. The van der Waals surface area contributed by atoms with Gasteiger partial charge in [0.25, 0.3) is 5.91 Å². The van der Waals surface area contributed by atoms with Gasteiger partial charge in [-0.15, -0.1) is 0 Å². The Kier molecular flexibility index (Phi) is 3.02. The van der Waals surface area contributed by atoms with Crippen LogP contribution in [-0.2, 0) is 6.42 Å². The van der Waals surface area contributed by atoms with E-state index in [0.717, 1.165) is 12.8 Å². The van der Waals surface area contributed by atoms with Crippen molar-refractivity contribution in [1.29, 1.82) is 0 Å². The number of amides is 1. The summed E-state index contributed by atoms with van der Waals surface area (Å²) in [5, 5.41) is 10.5. The van der Waals surface area contributed by atoms with Gasteiger partial charge in [-0.2, -0.15) is 10.1 Å². The molecule has 3 rings (SSSR count). The van der Waals surface area contributed by atoms with E-state index in [0.29, 0.717) is 30.4 Å². The SMILES string of the molecule is CCc1nc(C2CCCN2C(=O)c2ccn[nH]2)no1. The average molecular weight is 261 g/mol. The second-order valence-electron chi connectivity index (χ2n) is 4.53. The van der Waals surface area contributed by atoms with E-state index in [-0.39, 0.29) is 11.9 Å². The molecule has 100 valence electrons. The number of likely N-dealkylation sites (tertiary alicyclic amines) is 1. The van der Waals surface area contributed by atoms with Gasteiger partial charge in [0.1, 0.15) is 5.69 Å². The average Bonchev–Trinajstić information content (AvgIpc) is 3.16. The van der Waals surface area contributed by atoms with E-state index in [9.17, 15) is 4.79 Å². The van der Waals surface area contributed by atoms with Crippen LogP contribution in [0.25, 0.3) is 0 Å². The van der Waals surface area contributed by atoms with Gasteiger partial charge in [0.2, 0.25) is 5.89 Å². The summed E-state index contributed by atoms with van der Waals surface area (Å²) in [5.41, 5.74) is 0.492. The fourth-order valence-corrected chi connectivity index (χ4v) is 2.35. The van der Waals surface area contributed by atoms with Crippen LogP contribution in [0.3, 0.4) is 0 Å². The zero-order valence-corrected chi connectivity index (χ0v) is 10.7. The molecule has 1 N–H and O–H groups in total. The molecule has 1 saturated heterocycles. The minimum atomic E-state index is -0.0974. The number of hydrogen-bond acceptors (Lipinski definition) is 5. The third-order valence-corrected chi connectivity index (χ3v) is 3.33. The van der Waals surface area contributed by atoms with Gasteiger partial charge in [0, 0.05) is 19.2 Å². The Morgan fingerprint density at radius 3 is 3.21 bits per heavy atom. The van der Waals surface area contributed by atoms with Crippen molar-refractivity contribution in [2.75, 3.05) is 6.54 Å². The molecule has 0 bridgehead atoms. The predicted octanol–water partition coefficient (Wildman–Crippen LogP) is 1.33. The van der Waals surface area contributed by atoms with Crippen molar-refractivity contribution in [3.05, 3.63) is 29.7 Å². The third kappa shape index (κ3) is 2.11. The lowest BCUT2D eigenvalue weighted by Crippen LogP contribution is -2.31. The topological polar surface area (TPSA) is 87.9 Å². The van der Waals surface area contributed by atoms with Gasteiger partial charge in [-0.1, -0.05) is 12.1 Å². The number of aromatic nitrogens is 4. The molecule has 0 saturated carbocycles. The Balaban J connectivity index is 1.83. The zero-order chi connectivity index (χ0) is 13.2. The molecule has 0 spiro atoms. The number of H-pyrrole nitrogens is 1. The van der Waals surface area contributed by atoms with E-state index < -0.39 is 0 Å². The standard InChI is InChI=1S/C12H15N5O2/c1-2-10-14-11(16-19-10)9-4-3-7-17(9)12(18)8-5-6-13-15-8/h5-6,9H,2-4,7H2,1H3,(H,13,15). The van der Waals surface area contributed by atoms with Crippen LogP contribution in [0.5, 0.6) is 0 Å². The maximum atomic E-state index is 12.3. The van der Waals surface area contributed by atoms with Gasteiger partial charge in [0.15, 0.2) is 5.82 Å². The van der Waals surface area contributed by atoms with E-state index in [1.165, 1.54) is 0 Å². The normalized spacial score (nSPS) is 19.0. The lowest BCUT2D eigenvalue weighted by molar-refractivity contribution is 0.0722. The number of carbonyl (C=O) groups excluding carboxylic acids is 1. The molecular formula is C12H15N5O2. The van der Waals surface area contributed by atoms with Crippen LogP contribution in [0.4, 0.5) is 0 Å². The summed E-state index contributed by atoms with van der Waals surface area (Å²) >= 11 is 0. The number of carbonyl (C=O) groups is 1. The molecule has 19 heavy (non-hydrogen) atoms. The number of hydrogen-bond donors (Lipinski definition) is 1. The van der Waals surface area contributed by atoms with E-state index in [1.54, 1.807) is 17.2 Å². The van der Waals surface area contributed by atoms with Crippen molar-refractivity contribution in [1.82, 2.24) is 25.2 Å². The Bertz CT molecular complexity index is 562. The molecule has 2 aromatic rings. The summed E-state index contributed by atoms with van der Waals surface area (Å²) in [4.78, 5) is 18.4. The highest BCUT2D eigenvalue weighted by Crippen LogP contribution is 2.31. The van der Waals surface area contributed by atoms with Gasteiger partial charge in [-0.05, 0) is 18.9 Å². The summed E-state index contributed by atoms with van der Waals surface area (Å²) in [6, 6.07) is 1.57. The van der Waals surface area contributed by atoms with Crippen LogP contribution in [0.1, 0.15) is 48.0 Å². The first kappa shape index (κ1) is 11.9. The lowest BCUT2D eigenvalue weighted by Gasteiger charge is -2.21. The largest absolute Gasteiger partial charge is 0.339 e. The second kappa shape index (κ2) is 4.83. The van der Waals surface area contributed by atoms with Crippen LogP contribution < -0.4 is 0 Å². The Labute approximate surface area is 110 Å². The maximum Gasteiger partial charge on any atom is 0.272 e. The van der Waals surface area contributed by atoms with E-state index in [4.69, 9.17) is 4.52 Å². The Hall–Kier alpha value is -2.18. The smallest absolute Gasteiger partial charge is 0.272 e. The van der Waals surface area contributed by atoms with Crippen molar-refractivity contribution >= 4 is 5.91 Å². The van der Waals surface area contributed by atoms with Crippen molar-refractivity contribution in [3.63, 3.8) is 0 Å². The molecule has 1 aliphatic heterocycles. The van der Waals surface area contributed by atoms with Crippen molar-refractivity contribution < 1.29 is 9.32 Å². The maximum absolute atomic E-state index is 12.3. The second-order valence-corrected chi connectivity index (χ2v) is 4.53. The van der Waals surface area contributed by atoms with Crippen molar-refractivity contribution in [3.8, 4) is 0 Å². The predicted molar refractivity (Wildman–Crippen MR) is 65.3 cm³/mol.